The maximum Gasteiger partial charge on any atom is 0.324 e. The normalized spacial score (nSPS) is 14.4. The van der Waals surface area contributed by atoms with Crippen LogP contribution >= 0.6 is 11.6 Å². The Kier molecular flexibility index (Phi) is 10.9. The van der Waals surface area contributed by atoms with Crippen LogP contribution < -0.4 is 16.8 Å². The third-order valence-corrected chi connectivity index (χ3v) is 4.60. The van der Waals surface area contributed by atoms with E-state index in [-0.39, 0.29) is 26.0 Å². The molecule has 1 aromatic carbocycles. The average molecular weight is 458 g/mol. The van der Waals surface area contributed by atoms with E-state index in [0.717, 1.165) is 0 Å². The number of halogens is 1. The number of nitrogens with one attached hydrogen (secondary N) is 1. The number of rotatable bonds is 12. The summed E-state index contributed by atoms with van der Waals surface area (Å²) in [4.78, 5) is 35.4. The SMILES string of the molecule is CC(C)(C)OC(=O)C(N)CN[C@@H](CCCC(N)C(=O)OCc1ccccc1Cl)C(=O)O. The molecule has 0 fully saturated rings. The van der Waals surface area contributed by atoms with Gasteiger partial charge in [-0.3, -0.25) is 14.4 Å². The molecule has 10 heteroatoms. The van der Waals surface area contributed by atoms with Gasteiger partial charge in [0.2, 0.25) is 0 Å². The molecule has 1 rings (SSSR count). The van der Waals surface area contributed by atoms with E-state index in [2.05, 4.69) is 5.32 Å². The predicted molar refractivity (Wildman–Crippen MR) is 116 cm³/mol. The van der Waals surface area contributed by atoms with Crippen molar-refractivity contribution in [3.63, 3.8) is 0 Å². The zero-order chi connectivity index (χ0) is 23.6. The summed E-state index contributed by atoms with van der Waals surface area (Å²) < 4.78 is 10.3. The first-order valence-corrected chi connectivity index (χ1v) is 10.4. The summed E-state index contributed by atoms with van der Waals surface area (Å²) in [6.07, 6.45) is 0.792. The number of aliphatic carboxylic acids is 1. The first-order chi connectivity index (χ1) is 14.4. The Bertz CT molecular complexity index is 753. The van der Waals surface area contributed by atoms with Gasteiger partial charge in [-0.1, -0.05) is 29.8 Å². The van der Waals surface area contributed by atoms with Crippen molar-refractivity contribution in [1.29, 1.82) is 0 Å². The number of ether oxygens (including phenoxy) is 2. The number of carbonyl (C=O) groups excluding carboxylic acids is 2. The van der Waals surface area contributed by atoms with Crippen LogP contribution in [-0.2, 0) is 30.5 Å². The van der Waals surface area contributed by atoms with E-state index >= 15 is 0 Å². The number of carbonyl (C=O) groups is 3. The number of benzene rings is 1. The maximum absolute atomic E-state index is 12.1. The smallest absolute Gasteiger partial charge is 0.324 e. The topological polar surface area (TPSA) is 154 Å². The Morgan fingerprint density at radius 2 is 1.74 bits per heavy atom. The highest BCUT2D eigenvalue weighted by atomic mass is 35.5. The Hall–Kier alpha value is -2.20. The van der Waals surface area contributed by atoms with E-state index in [1.54, 1.807) is 45.0 Å². The molecule has 31 heavy (non-hydrogen) atoms. The molecule has 0 aliphatic heterocycles. The highest BCUT2D eigenvalue weighted by molar-refractivity contribution is 6.31. The van der Waals surface area contributed by atoms with Crippen molar-refractivity contribution in [3.8, 4) is 0 Å². The van der Waals surface area contributed by atoms with Crippen molar-refractivity contribution in [2.45, 2.75) is 70.4 Å². The molecule has 0 aromatic heterocycles. The van der Waals surface area contributed by atoms with E-state index in [9.17, 15) is 19.5 Å². The second-order valence-corrected chi connectivity index (χ2v) is 8.58. The molecule has 0 radical (unpaired) electrons. The lowest BCUT2D eigenvalue weighted by Crippen LogP contribution is -2.48. The summed E-state index contributed by atoms with van der Waals surface area (Å²) in [6, 6.07) is 4.16. The summed E-state index contributed by atoms with van der Waals surface area (Å²) in [7, 11) is 0. The zero-order valence-corrected chi connectivity index (χ0v) is 18.9. The molecule has 0 amide bonds. The van der Waals surface area contributed by atoms with Gasteiger partial charge in [0.05, 0.1) is 0 Å². The number of esters is 2. The van der Waals surface area contributed by atoms with Crippen LogP contribution in [0.4, 0.5) is 0 Å². The van der Waals surface area contributed by atoms with Crippen molar-refractivity contribution >= 4 is 29.5 Å². The van der Waals surface area contributed by atoms with Gasteiger partial charge >= 0.3 is 17.9 Å². The first kappa shape index (κ1) is 26.8. The Labute approximate surface area is 187 Å². The quantitative estimate of drug-likeness (QED) is 0.342. The van der Waals surface area contributed by atoms with Crippen LogP contribution in [-0.4, -0.2) is 53.3 Å². The predicted octanol–water partition coefficient (Wildman–Crippen LogP) is 1.59. The van der Waals surface area contributed by atoms with Crippen LogP contribution in [0.25, 0.3) is 0 Å². The van der Waals surface area contributed by atoms with Gasteiger partial charge in [0.25, 0.3) is 0 Å². The average Bonchev–Trinajstić information content (AvgIpc) is 2.67. The van der Waals surface area contributed by atoms with Crippen molar-refractivity contribution in [2.75, 3.05) is 6.54 Å². The summed E-state index contributed by atoms with van der Waals surface area (Å²) in [5, 5.41) is 12.6. The summed E-state index contributed by atoms with van der Waals surface area (Å²) in [5.41, 5.74) is 11.6. The molecule has 9 nitrogen and oxygen atoms in total. The molecule has 0 saturated carbocycles. The molecule has 0 heterocycles. The molecule has 0 aliphatic carbocycles. The van der Waals surface area contributed by atoms with Gasteiger partial charge in [-0.2, -0.15) is 0 Å². The van der Waals surface area contributed by atoms with E-state index < -0.39 is 41.6 Å². The standard InChI is InChI=1S/C21H32ClN3O6/c1-21(2,3)31-20(29)16(24)11-25-17(18(26)27)10-6-9-15(23)19(28)30-12-13-7-4-5-8-14(13)22/h4-5,7-8,15-17,25H,6,9-12,23-24H2,1-3H3,(H,26,27)/t15?,16?,17-/m0/s1. The largest absolute Gasteiger partial charge is 0.480 e. The molecule has 6 N–H and O–H groups in total. The molecular weight excluding hydrogens is 426 g/mol. The second kappa shape index (κ2) is 12.6. The number of hydrogen-bond donors (Lipinski definition) is 4. The molecule has 0 saturated heterocycles. The highest BCUT2D eigenvalue weighted by Gasteiger charge is 2.25. The van der Waals surface area contributed by atoms with E-state index in [4.69, 9.17) is 32.5 Å². The van der Waals surface area contributed by atoms with Gasteiger partial charge in [0.15, 0.2) is 0 Å². The molecular formula is C21H32ClN3O6. The summed E-state index contributed by atoms with van der Waals surface area (Å²) in [6.45, 7) is 5.10. The fraction of sp³-hybridized carbons (Fsp3) is 0.571. The minimum absolute atomic E-state index is 0.00800. The van der Waals surface area contributed by atoms with Crippen LogP contribution in [0.5, 0.6) is 0 Å². The molecule has 174 valence electrons. The van der Waals surface area contributed by atoms with Crippen LogP contribution in [0, 0.1) is 0 Å². The molecule has 2 unspecified atom stereocenters. The number of nitrogens with two attached hydrogens (primary N) is 2. The van der Waals surface area contributed by atoms with Gasteiger partial charge < -0.3 is 31.4 Å². The fourth-order valence-corrected chi connectivity index (χ4v) is 2.76. The number of carboxylic acid groups (broad SMARTS) is 1. The monoisotopic (exact) mass is 457 g/mol. The van der Waals surface area contributed by atoms with Crippen molar-refractivity contribution in [3.05, 3.63) is 34.9 Å². The number of carboxylic acids is 1. The van der Waals surface area contributed by atoms with E-state index in [0.29, 0.717) is 17.0 Å². The molecule has 0 bridgehead atoms. The third-order valence-electron chi connectivity index (χ3n) is 4.23. The van der Waals surface area contributed by atoms with Crippen molar-refractivity contribution in [1.82, 2.24) is 5.32 Å². The third kappa shape index (κ3) is 10.6. The molecule has 3 atom stereocenters. The van der Waals surface area contributed by atoms with Crippen LogP contribution in [0.2, 0.25) is 5.02 Å². The van der Waals surface area contributed by atoms with Crippen LogP contribution in [0.3, 0.4) is 0 Å². The van der Waals surface area contributed by atoms with Crippen molar-refractivity contribution < 1.29 is 29.0 Å². The minimum atomic E-state index is -1.09. The Balaban J connectivity index is 2.40. The first-order valence-electron chi connectivity index (χ1n) is 10.0. The van der Waals surface area contributed by atoms with E-state index in [1.165, 1.54) is 0 Å². The summed E-state index contributed by atoms with van der Waals surface area (Å²) in [5.74, 6) is -2.30. The number of hydrogen-bond acceptors (Lipinski definition) is 8. The maximum atomic E-state index is 12.1. The van der Waals surface area contributed by atoms with Crippen LogP contribution in [0.1, 0.15) is 45.6 Å². The Morgan fingerprint density at radius 3 is 2.32 bits per heavy atom. The zero-order valence-electron chi connectivity index (χ0n) is 18.1. The van der Waals surface area contributed by atoms with Gasteiger partial charge in [0, 0.05) is 17.1 Å². The van der Waals surface area contributed by atoms with Crippen molar-refractivity contribution in [2.24, 2.45) is 11.5 Å². The van der Waals surface area contributed by atoms with Gasteiger partial charge in [0.1, 0.15) is 30.3 Å². The Morgan fingerprint density at radius 1 is 1.10 bits per heavy atom. The van der Waals surface area contributed by atoms with Gasteiger partial charge in [-0.05, 0) is 46.1 Å². The molecule has 0 aliphatic rings. The molecule has 0 spiro atoms. The minimum Gasteiger partial charge on any atom is -0.480 e. The lowest BCUT2D eigenvalue weighted by Gasteiger charge is -2.23. The molecule has 1 aromatic rings. The van der Waals surface area contributed by atoms with Gasteiger partial charge in [-0.25, -0.2) is 0 Å². The lowest BCUT2D eigenvalue weighted by atomic mass is 10.1. The fourth-order valence-electron chi connectivity index (χ4n) is 2.57. The van der Waals surface area contributed by atoms with E-state index in [1.807, 2.05) is 0 Å². The highest BCUT2D eigenvalue weighted by Crippen LogP contribution is 2.16. The second-order valence-electron chi connectivity index (χ2n) is 8.18. The van der Waals surface area contributed by atoms with Crippen LogP contribution in [0.15, 0.2) is 24.3 Å². The lowest BCUT2D eigenvalue weighted by molar-refractivity contribution is -0.156. The summed E-state index contributed by atoms with van der Waals surface area (Å²) >= 11 is 6.02. The van der Waals surface area contributed by atoms with Gasteiger partial charge in [-0.15, -0.1) is 0 Å².